The number of carbonyl (C=O) groups is 3. The van der Waals surface area contributed by atoms with Crippen molar-refractivity contribution in [1.82, 2.24) is 10.2 Å². The molecular weight excluding hydrogens is 330 g/mol. The Morgan fingerprint density at radius 1 is 1.23 bits per heavy atom. The van der Waals surface area contributed by atoms with Crippen molar-refractivity contribution in [3.05, 3.63) is 30.3 Å². The van der Waals surface area contributed by atoms with Crippen LogP contribution in [0.4, 0.5) is 10.5 Å². The highest BCUT2D eigenvalue weighted by atomic mass is 16.2. The van der Waals surface area contributed by atoms with E-state index in [0.29, 0.717) is 18.8 Å². The van der Waals surface area contributed by atoms with Gasteiger partial charge in [-0.05, 0) is 42.7 Å². The molecule has 0 unspecified atom stereocenters. The molecule has 1 N–H and O–H groups in total. The summed E-state index contributed by atoms with van der Waals surface area (Å²) in [6, 6.07) is 8.72. The van der Waals surface area contributed by atoms with E-state index in [0.717, 1.165) is 17.0 Å². The zero-order chi connectivity index (χ0) is 19.1. The summed E-state index contributed by atoms with van der Waals surface area (Å²) in [7, 11) is 1.65. The van der Waals surface area contributed by atoms with Crippen LogP contribution in [0.5, 0.6) is 0 Å². The van der Waals surface area contributed by atoms with Crippen LogP contribution >= 0.6 is 0 Å². The Kier molecular flexibility index (Phi) is 4.54. The highest BCUT2D eigenvalue weighted by Gasteiger charge is 2.56. The second-order valence-electron chi connectivity index (χ2n) is 8.55. The Bertz CT molecular complexity index is 731. The Morgan fingerprint density at radius 2 is 1.88 bits per heavy atom. The summed E-state index contributed by atoms with van der Waals surface area (Å²) < 4.78 is 0. The SMILES string of the molecule is C[C@H]1CC(C)(C)C[C@]2(C1)NC(=O)N(CC(=O)N(C)c1ccccc1)C2=O. The van der Waals surface area contributed by atoms with Gasteiger partial charge in [-0.15, -0.1) is 0 Å². The predicted molar refractivity (Wildman–Crippen MR) is 99.6 cm³/mol. The lowest BCUT2D eigenvalue weighted by atomic mass is 9.64. The molecule has 1 saturated carbocycles. The fraction of sp³-hybridized carbons (Fsp3) is 0.550. The average molecular weight is 357 g/mol. The number of nitrogens with one attached hydrogen (secondary N) is 1. The third-order valence-electron chi connectivity index (χ3n) is 5.44. The number of hydrogen-bond acceptors (Lipinski definition) is 3. The molecule has 1 saturated heterocycles. The van der Waals surface area contributed by atoms with Crippen LogP contribution in [0.25, 0.3) is 0 Å². The van der Waals surface area contributed by atoms with Crippen LogP contribution in [0.3, 0.4) is 0 Å². The molecule has 1 spiro atoms. The Morgan fingerprint density at radius 3 is 2.50 bits per heavy atom. The lowest BCUT2D eigenvalue weighted by molar-refractivity contribution is -0.137. The van der Waals surface area contributed by atoms with Crippen molar-refractivity contribution in [3.8, 4) is 0 Å². The topological polar surface area (TPSA) is 69.7 Å². The van der Waals surface area contributed by atoms with E-state index in [1.54, 1.807) is 7.05 Å². The maximum absolute atomic E-state index is 13.1. The van der Waals surface area contributed by atoms with E-state index in [-0.39, 0.29) is 23.8 Å². The van der Waals surface area contributed by atoms with Crippen molar-refractivity contribution in [2.75, 3.05) is 18.5 Å². The minimum absolute atomic E-state index is 0.0263. The van der Waals surface area contributed by atoms with Crippen LogP contribution in [0.1, 0.15) is 40.0 Å². The van der Waals surface area contributed by atoms with Crippen molar-refractivity contribution in [2.24, 2.45) is 11.3 Å². The van der Waals surface area contributed by atoms with Gasteiger partial charge in [0.05, 0.1) is 0 Å². The zero-order valence-corrected chi connectivity index (χ0v) is 15.9. The van der Waals surface area contributed by atoms with Gasteiger partial charge in [0, 0.05) is 12.7 Å². The normalized spacial score (nSPS) is 27.5. The minimum Gasteiger partial charge on any atom is -0.323 e. The molecule has 0 aromatic heterocycles. The molecule has 1 aliphatic heterocycles. The number of imide groups is 1. The van der Waals surface area contributed by atoms with E-state index < -0.39 is 11.6 Å². The summed E-state index contributed by atoms with van der Waals surface area (Å²) >= 11 is 0. The first-order chi connectivity index (χ1) is 12.1. The Labute approximate surface area is 154 Å². The molecule has 0 bridgehead atoms. The molecule has 1 aromatic carbocycles. The molecule has 140 valence electrons. The van der Waals surface area contributed by atoms with Crippen molar-refractivity contribution in [2.45, 2.75) is 45.6 Å². The fourth-order valence-electron chi connectivity index (χ4n) is 4.69. The van der Waals surface area contributed by atoms with Crippen molar-refractivity contribution in [3.63, 3.8) is 0 Å². The smallest absolute Gasteiger partial charge is 0.323 e. The number of likely N-dealkylation sites (N-methyl/N-ethyl adjacent to an activating group) is 1. The minimum atomic E-state index is -0.871. The number of carbonyl (C=O) groups excluding carboxylic acids is 3. The lowest BCUT2D eigenvalue weighted by Gasteiger charge is -2.43. The molecule has 2 atom stereocenters. The van der Waals surface area contributed by atoms with Crippen LogP contribution < -0.4 is 10.2 Å². The molecule has 6 heteroatoms. The molecule has 2 aliphatic rings. The van der Waals surface area contributed by atoms with E-state index in [1.165, 1.54) is 4.90 Å². The standard InChI is InChI=1S/C20H27N3O3/c1-14-10-19(2,3)13-20(11-14)17(25)23(18(26)21-20)12-16(24)22(4)15-8-6-5-7-9-15/h5-9,14H,10-13H2,1-4H3,(H,21,26)/t14-,20-/m0/s1. The third-order valence-corrected chi connectivity index (χ3v) is 5.44. The van der Waals surface area contributed by atoms with Gasteiger partial charge in [0.15, 0.2) is 0 Å². The molecule has 4 amide bonds. The number of rotatable bonds is 3. The lowest BCUT2D eigenvalue weighted by Crippen LogP contribution is -2.54. The maximum atomic E-state index is 13.1. The number of urea groups is 1. The van der Waals surface area contributed by atoms with Gasteiger partial charge in [0.1, 0.15) is 12.1 Å². The molecule has 2 fully saturated rings. The molecule has 0 radical (unpaired) electrons. The van der Waals surface area contributed by atoms with Crippen LogP contribution in [0, 0.1) is 11.3 Å². The van der Waals surface area contributed by atoms with Crippen molar-refractivity contribution >= 4 is 23.5 Å². The van der Waals surface area contributed by atoms with E-state index in [9.17, 15) is 14.4 Å². The predicted octanol–water partition coefficient (Wildman–Crippen LogP) is 2.79. The molecule has 26 heavy (non-hydrogen) atoms. The molecule has 1 heterocycles. The first kappa shape index (κ1) is 18.4. The number of anilines is 1. The number of benzene rings is 1. The van der Waals surface area contributed by atoms with Gasteiger partial charge in [0.25, 0.3) is 5.91 Å². The number of nitrogens with zero attached hydrogens (tertiary/aromatic N) is 2. The van der Waals surface area contributed by atoms with E-state index in [2.05, 4.69) is 26.1 Å². The monoisotopic (exact) mass is 357 g/mol. The maximum Gasteiger partial charge on any atom is 0.325 e. The first-order valence-electron chi connectivity index (χ1n) is 9.09. The Balaban J connectivity index is 1.76. The van der Waals surface area contributed by atoms with Crippen LogP contribution in [0.2, 0.25) is 0 Å². The van der Waals surface area contributed by atoms with Gasteiger partial charge in [-0.2, -0.15) is 0 Å². The highest BCUT2D eigenvalue weighted by Crippen LogP contribution is 2.46. The summed E-state index contributed by atoms with van der Waals surface area (Å²) in [6.45, 7) is 6.12. The van der Waals surface area contributed by atoms with Gasteiger partial charge >= 0.3 is 6.03 Å². The van der Waals surface area contributed by atoms with Crippen LogP contribution in [-0.2, 0) is 9.59 Å². The van der Waals surface area contributed by atoms with E-state index in [4.69, 9.17) is 0 Å². The number of amides is 4. The van der Waals surface area contributed by atoms with Gasteiger partial charge in [-0.1, -0.05) is 39.0 Å². The van der Waals surface area contributed by atoms with Crippen LogP contribution in [-0.4, -0.2) is 41.9 Å². The summed E-state index contributed by atoms with van der Waals surface area (Å²) in [5.74, 6) is -0.220. The summed E-state index contributed by atoms with van der Waals surface area (Å²) in [5, 5.41) is 2.91. The summed E-state index contributed by atoms with van der Waals surface area (Å²) in [6.07, 6.45) is 2.25. The first-order valence-corrected chi connectivity index (χ1v) is 9.09. The fourth-order valence-corrected chi connectivity index (χ4v) is 4.69. The molecule has 1 aliphatic carbocycles. The van der Waals surface area contributed by atoms with Crippen LogP contribution in [0.15, 0.2) is 30.3 Å². The molecule has 6 nitrogen and oxygen atoms in total. The zero-order valence-electron chi connectivity index (χ0n) is 15.9. The second kappa shape index (κ2) is 6.41. The quantitative estimate of drug-likeness (QED) is 0.846. The molecular formula is C20H27N3O3. The molecule has 1 aromatic rings. The largest absolute Gasteiger partial charge is 0.325 e. The second-order valence-corrected chi connectivity index (χ2v) is 8.55. The van der Waals surface area contributed by atoms with Gasteiger partial charge in [-0.25, -0.2) is 4.79 Å². The van der Waals surface area contributed by atoms with Crippen molar-refractivity contribution in [1.29, 1.82) is 0 Å². The summed E-state index contributed by atoms with van der Waals surface area (Å²) in [5.41, 5.74) is -0.169. The van der Waals surface area contributed by atoms with Gasteiger partial charge in [0.2, 0.25) is 5.91 Å². The molecule has 3 rings (SSSR count). The number of para-hydroxylation sites is 1. The summed E-state index contributed by atoms with van der Waals surface area (Å²) in [4.78, 5) is 40.7. The number of hydrogen-bond donors (Lipinski definition) is 1. The van der Waals surface area contributed by atoms with E-state index >= 15 is 0 Å². The van der Waals surface area contributed by atoms with E-state index in [1.807, 2.05) is 30.3 Å². The average Bonchev–Trinajstić information content (AvgIpc) is 2.76. The van der Waals surface area contributed by atoms with Gasteiger partial charge < -0.3 is 10.2 Å². The van der Waals surface area contributed by atoms with Gasteiger partial charge in [-0.3, -0.25) is 14.5 Å². The highest BCUT2D eigenvalue weighted by molar-refractivity contribution is 6.10. The Hall–Kier alpha value is -2.37. The van der Waals surface area contributed by atoms with Crippen molar-refractivity contribution < 1.29 is 14.4 Å². The third kappa shape index (κ3) is 3.32.